The zero-order valence-corrected chi connectivity index (χ0v) is 13.7. The van der Waals surface area contributed by atoms with Crippen LogP contribution in [0.25, 0.3) is 11.3 Å². The Morgan fingerprint density at radius 2 is 1.61 bits per heavy atom. The van der Waals surface area contributed by atoms with Crippen LogP contribution in [0, 0.1) is 0 Å². The number of aromatic nitrogens is 1. The van der Waals surface area contributed by atoms with Crippen molar-refractivity contribution in [2.24, 2.45) is 0 Å². The van der Waals surface area contributed by atoms with Crippen molar-refractivity contribution >= 4 is 0 Å². The summed E-state index contributed by atoms with van der Waals surface area (Å²) in [6.07, 6.45) is 1.78. The molecule has 0 amide bonds. The molecular weight excluding hydrogens is 286 g/mol. The van der Waals surface area contributed by atoms with E-state index in [9.17, 15) is 4.79 Å². The average molecular weight is 307 g/mol. The maximum atomic E-state index is 12.0. The van der Waals surface area contributed by atoms with Crippen LogP contribution in [-0.4, -0.2) is 4.57 Å². The minimum Gasteiger partial charge on any atom is -0.408 e. The maximum absolute atomic E-state index is 12.0. The van der Waals surface area contributed by atoms with Crippen LogP contribution in [0.5, 0.6) is 0 Å². The minimum atomic E-state index is -0.330. The molecular formula is C20H21NO2. The number of benzene rings is 2. The Morgan fingerprint density at radius 1 is 0.957 bits per heavy atom. The third-order valence-corrected chi connectivity index (χ3v) is 3.94. The second-order valence-electron chi connectivity index (χ2n) is 6.80. The van der Waals surface area contributed by atoms with E-state index in [1.807, 2.05) is 42.5 Å². The first-order valence-electron chi connectivity index (χ1n) is 7.78. The first kappa shape index (κ1) is 15.3. The van der Waals surface area contributed by atoms with E-state index in [2.05, 4.69) is 32.9 Å². The summed E-state index contributed by atoms with van der Waals surface area (Å²) in [6, 6.07) is 18.1. The van der Waals surface area contributed by atoms with Gasteiger partial charge in [-0.3, -0.25) is 4.57 Å². The van der Waals surface area contributed by atoms with E-state index in [1.54, 1.807) is 10.8 Å². The molecule has 3 aromatic rings. The molecule has 23 heavy (non-hydrogen) atoms. The van der Waals surface area contributed by atoms with Crippen molar-refractivity contribution in [2.75, 3.05) is 0 Å². The first-order valence-corrected chi connectivity index (χ1v) is 7.78. The van der Waals surface area contributed by atoms with Crippen LogP contribution in [0.4, 0.5) is 0 Å². The number of rotatable bonds is 3. The van der Waals surface area contributed by atoms with Gasteiger partial charge >= 0.3 is 5.76 Å². The topological polar surface area (TPSA) is 35.1 Å². The molecule has 1 heterocycles. The summed E-state index contributed by atoms with van der Waals surface area (Å²) in [7, 11) is 0. The van der Waals surface area contributed by atoms with Gasteiger partial charge in [0.2, 0.25) is 0 Å². The molecule has 0 atom stereocenters. The smallest absolute Gasteiger partial charge is 0.408 e. The standard InChI is InChI=1S/C20H21NO2/c1-20(2,3)17-11-9-16(10-12-17)18-14-21(19(22)23-18)13-15-7-5-4-6-8-15/h4-12,14H,13H2,1-3H3. The lowest BCUT2D eigenvalue weighted by Crippen LogP contribution is -2.13. The van der Waals surface area contributed by atoms with E-state index in [0.29, 0.717) is 12.3 Å². The van der Waals surface area contributed by atoms with Crippen molar-refractivity contribution in [3.05, 3.63) is 82.5 Å². The molecule has 0 fully saturated rings. The van der Waals surface area contributed by atoms with Crippen LogP contribution in [0.2, 0.25) is 0 Å². The van der Waals surface area contributed by atoms with Crippen molar-refractivity contribution in [3.63, 3.8) is 0 Å². The highest BCUT2D eigenvalue weighted by atomic mass is 16.4. The molecule has 0 unspecified atom stereocenters. The molecule has 3 nitrogen and oxygen atoms in total. The highest BCUT2D eigenvalue weighted by Crippen LogP contribution is 2.25. The van der Waals surface area contributed by atoms with E-state index < -0.39 is 0 Å². The molecule has 0 saturated carbocycles. The number of hydrogen-bond acceptors (Lipinski definition) is 2. The van der Waals surface area contributed by atoms with Crippen LogP contribution in [0.15, 0.2) is 70.0 Å². The van der Waals surface area contributed by atoms with Gasteiger partial charge in [0.1, 0.15) is 0 Å². The summed E-state index contributed by atoms with van der Waals surface area (Å²) < 4.78 is 7.01. The predicted molar refractivity (Wildman–Crippen MR) is 92.6 cm³/mol. The average Bonchev–Trinajstić information content (AvgIpc) is 2.89. The lowest BCUT2D eigenvalue weighted by atomic mass is 9.86. The Morgan fingerprint density at radius 3 is 2.22 bits per heavy atom. The summed E-state index contributed by atoms with van der Waals surface area (Å²) >= 11 is 0. The van der Waals surface area contributed by atoms with Crippen molar-refractivity contribution in [1.29, 1.82) is 0 Å². The SMILES string of the molecule is CC(C)(C)c1ccc(-c2cn(Cc3ccccc3)c(=O)o2)cc1. The molecule has 118 valence electrons. The first-order chi connectivity index (χ1) is 10.9. The van der Waals surface area contributed by atoms with E-state index >= 15 is 0 Å². The molecule has 0 saturated heterocycles. The second-order valence-corrected chi connectivity index (χ2v) is 6.80. The lowest BCUT2D eigenvalue weighted by Gasteiger charge is -2.18. The number of hydrogen-bond donors (Lipinski definition) is 0. The fourth-order valence-corrected chi connectivity index (χ4v) is 2.53. The molecule has 2 aromatic carbocycles. The fraction of sp³-hybridized carbons (Fsp3) is 0.250. The van der Waals surface area contributed by atoms with Crippen LogP contribution >= 0.6 is 0 Å². The molecule has 0 aliphatic carbocycles. The minimum absolute atomic E-state index is 0.110. The molecule has 3 rings (SSSR count). The Bertz CT molecular complexity index is 834. The van der Waals surface area contributed by atoms with Crippen LogP contribution in [0.3, 0.4) is 0 Å². The summed E-state index contributed by atoms with van der Waals surface area (Å²) in [5, 5.41) is 0. The van der Waals surface area contributed by atoms with Gasteiger partial charge in [0.15, 0.2) is 5.76 Å². The molecule has 0 radical (unpaired) electrons. The van der Waals surface area contributed by atoms with Crippen molar-refractivity contribution in [1.82, 2.24) is 4.57 Å². The maximum Gasteiger partial charge on any atom is 0.419 e. The highest BCUT2D eigenvalue weighted by Gasteiger charge is 2.14. The van der Waals surface area contributed by atoms with E-state index in [1.165, 1.54) is 5.56 Å². The molecule has 0 spiro atoms. The van der Waals surface area contributed by atoms with Crippen LogP contribution in [0.1, 0.15) is 31.9 Å². The summed E-state index contributed by atoms with van der Waals surface area (Å²) in [5.41, 5.74) is 3.36. The quantitative estimate of drug-likeness (QED) is 0.716. The molecule has 0 N–H and O–H groups in total. The normalized spacial score (nSPS) is 11.6. The summed E-state index contributed by atoms with van der Waals surface area (Å²) in [4.78, 5) is 12.0. The summed E-state index contributed by atoms with van der Waals surface area (Å²) in [5.74, 6) is 0.273. The van der Waals surface area contributed by atoms with Crippen molar-refractivity contribution in [3.8, 4) is 11.3 Å². The van der Waals surface area contributed by atoms with Gasteiger partial charge in [0, 0.05) is 5.56 Å². The zero-order valence-electron chi connectivity index (χ0n) is 13.7. The third kappa shape index (κ3) is 3.45. The van der Waals surface area contributed by atoms with Crippen molar-refractivity contribution in [2.45, 2.75) is 32.7 Å². The Kier molecular flexibility index (Phi) is 3.95. The molecule has 3 heteroatoms. The molecule has 1 aromatic heterocycles. The molecule has 0 bridgehead atoms. The van der Waals surface area contributed by atoms with Gasteiger partial charge in [-0.1, -0.05) is 75.4 Å². The largest absolute Gasteiger partial charge is 0.419 e. The van der Waals surface area contributed by atoms with Gasteiger partial charge in [-0.05, 0) is 16.5 Å². The monoisotopic (exact) mass is 307 g/mol. The van der Waals surface area contributed by atoms with Gasteiger partial charge in [-0.25, -0.2) is 4.79 Å². The molecule has 0 aliphatic heterocycles. The van der Waals surface area contributed by atoms with Gasteiger partial charge in [0.25, 0.3) is 0 Å². The zero-order chi connectivity index (χ0) is 16.4. The Hall–Kier alpha value is -2.55. The van der Waals surface area contributed by atoms with E-state index in [-0.39, 0.29) is 11.2 Å². The predicted octanol–water partition coefficient (Wildman–Crippen LogP) is 4.45. The summed E-state index contributed by atoms with van der Waals surface area (Å²) in [6.45, 7) is 7.05. The fourth-order valence-electron chi connectivity index (χ4n) is 2.53. The molecule has 0 aliphatic rings. The van der Waals surface area contributed by atoms with Crippen LogP contribution < -0.4 is 5.76 Å². The van der Waals surface area contributed by atoms with Crippen LogP contribution in [-0.2, 0) is 12.0 Å². The lowest BCUT2D eigenvalue weighted by molar-refractivity contribution is 0.497. The van der Waals surface area contributed by atoms with Gasteiger partial charge in [-0.15, -0.1) is 0 Å². The number of nitrogens with zero attached hydrogens (tertiary/aromatic N) is 1. The second kappa shape index (κ2) is 5.92. The van der Waals surface area contributed by atoms with Gasteiger partial charge in [0.05, 0.1) is 12.7 Å². The Labute approximate surface area is 136 Å². The number of oxazole rings is 1. The van der Waals surface area contributed by atoms with Gasteiger partial charge < -0.3 is 4.42 Å². The van der Waals surface area contributed by atoms with E-state index in [0.717, 1.165) is 11.1 Å². The van der Waals surface area contributed by atoms with Crippen molar-refractivity contribution < 1.29 is 4.42 Å². The van der Waals surface area contributed by atoms with E-state index in [4.69, 9.17) is 4.42 Å². The third-order valence-electron chi connectivity index (χ3n) is 3.94. The highest BCUT2D eigenvalue weighted by molar-refractivity contribution is 5.57. The van der Waals surface area contributed by atoms with Gasteiger partial charge in [-0.2, -0.15) is 0 Å². The Balaban J connectivity index is 1.87.